The van der Waals surface area contributed by atoms with Crippen molar-refractivity contribution in [2.24, 2.45) is 5.92 Å². The number of aromatic hydroxyl groups is 1. The second kappa shape index (κ2) is 5.17. The molecule has 0 radical (unpaired) electrons. The lowest BCUT2D eigenvalue weighted by atomic mass is 10.0. The molecule has 0 saturated carbocycles. The molecule has 1 amide bonds. The Bertz CT molecular complexity index is 398. The van der Waals surface area contributed by atoms with Gasteiger partial charge in [0.25, 0.3) is 5.91 Å². The summed E-state index contributed by atoms with van der Waals surface area (Å²) in [6.07, 6.45) is 0. The van der Waals surface area contributed by atoms with Crippen LogP contribution in [0.5, 0.6) is 5.75 Å². The molecule has 17 heavy (non-hydrogen) atoms. The van der Waals surface area contributed by atoms with Gasteiger partial charge in [-0.25, -0.2) is 4.39 Å². The monoisotopic (exact) mass is 239 g/mol. The van der Waals surface area contributed by atoms with Gasteiger partial charge in [-0.05, 0) is 25.0 Å². The van der Waals surface area contributed by atoms with Crippen molar-refractivity contribution in [1.82, 2.24) is 4.90 Å². The Hall–Kier alpha value is -1.58. The number of phenolic OH excluding ortho intramolecular Hbond substituents is 1. The summed E-state index contributed by atoms with van der Waals surface area (Å²) >= 11 is 0. The van der Waals surface area contributed by atoms with Crippen LogP contribution in [-0.4, -0.2) is 29.0 Å². The van der Waals surface area contributed by atoms with Crippen LogP contribution in [0, 0.1) is 11.7 Å². The Kier molecular flexibility index (Phi) is 4.10. The molecule has 0 aliphatic heterocycles. The highest BCUT2D eigenvalue weighted by atomic mass is 19.1. The first kappa shape index (κ1) is 13.5. The quantitative estimate of drug-likeness (QED) is 0.880. The highest BCUT2D eigenvalue weighted by Gasteiger charge is 2.24. The zero-order valence-corrected chi connectivity index (χ0v) is 10.6. The molecule has 1 N–H and O–H groups in total. The lowest BCUT2D eigenvalue weighted by Gasteiger charge is -2.28. The fraction of sp³-hybridized carbons (Fsp3) is 0.462. The molecule has 1 unspecified atom stereocenters. The van der Waals surface area contributed by atoms with Crippen LogP contribution in [0.15, 0.2) is 18.2 Å². The van der Waals surface area contributed by atoms with E-state index in [0.717, 1.165) is 0 Å². The molecule has 1 aromatic carbocycles. The predicted molar refractivity (Wildman–Crippen MR) is 64.5 cm³/mol. The number of carbonyl (C=O) groups excluding carboxylic acids is 1. The molecular formula is C13H18FNO2. The third-order valence-corrected chi connectivity index (χ3v) is 3.10. The number of hydrogen-bond acceptors (Lipinski definition) is 2. The molecule has 3 nitrogen and oxygen atoms in total. The van der Waals surface area contributed by atoms with Gasteiger partial charge in [-0.3, -0.25) is 4.79 Å². The minimum Gasteiger partial charge on any atom is -0.507 e. The van der Waals surface area contributed by atoms with Crippen molar-refractivity contribution in [3.8, 4) is 5.75 Å². The molecule has 1 aromatic rings. The molecule has 0 aliphatic rings. The van der Waals surface area contributed by atoms with Gasteiger partial charge in [-0.15, -0.1) is 0 Å². The molecule has 0 bridgehead atoms. The summed E-state index contributed by atoms with van der Waals surface area (Å²) in [5.41, 5.74) is -0.262. The summed E-state index contributed by atoms with van der Waals surface area (Å²) in [5, 5.41) is 9.54. The van der Waals surface area contributed by atoms with Crippen LogP contribution in [0.25, 0.3) is 0 Å². The lowest BCUT2D eigenvalue weighted by molar-refractivity contribution is 0.0699. The summed E-state index contributed by atoms with van der Waals surface area (Å²) in [4.78, 5) is 13.5. The third-order valence-electron chi connectivity index (χ3n) is 3.10. The molecule has 0 aliphatic carbocycles. The summed E-state index contributed by atoms with van der Waals surface area (Å²) < 4.78 is 13.5. The van der Waals surface area contributed by atoms with E-state index < -0.39 is 11.7 Å². The fourth-order valence-corrected chi connectivity index (χ4v) is 1.53. The lowest BCUT2D eigenvalue weighted by Crippen LogP contribution is -2.38. The molecule has 0 saturated heterocycles. The molecule has 0 fully saturated rings. The van der Waals surface area contributed by atoms with Crippen LogP contribution in [-0.2, 0) is 0 Å². The number of carbonyl (C=O) groups is 1. The SMILES string of the molecule is CC(C)C(C)N(C)C(=O)c1c(O)cccc1F. The number of hydrogen-bond donors (Lipinski definition) is 1. The molecule has 94 valence electrons. The number of amides is 1. The Morgan fingerprint density at radius 3 is 2.41 bits per heavy atom. The first-order valence-electron chi connectivity index (χ1n) is 5.61. The standard InChI is InChI=1S/C13H18FNO2/c1-8(2)9(3)15(4)13(17)12-10(14)6-5-7-11(12)16/h5-9,16H,1-4H3. The van der Waals surface area contributed by atoms with E-state index in [1.807, 2.05) is 20.8 Å². The van der Waals surface area contributed by atoms with E-state index in [-0.39, 0.29) is 23.3 Å². The molecule has 4 heteroatoms. The maximum absolute atomic E-state index is 13.5. The Labute approximate surface area is 101 Å². The van der Waals surface area contributed by atoms with Crippen molar-refractivity contribution >= 4 is 5.91 Å². The first-order valence-corrected chi connectivity index (χ1v) is 5.61. The number of rotatable bonds is 3. The summed E-state index contributed by atoms with van der Waals surface area (Å²) in [7, 11) is 1.61. The summed E-state index contributed by atoms with van der Waals surface area (Å²) in [6.45, 7) is 5.85. The average molecular weight is 239 g/mol. The fourth-order valence-electron chi connectivity index (χ4n) is 1.53. The van der Waals surface area contributed by atoms with E-state index in [2.05, 4.69) is 0 Å². The van der Waals surface area contributed by atoms with Gasteiger partial charge in [0.2, 0.25) is 0 Å². The third kappa shape index (κ3) is 2.75. The van der Waals surface area contributed by atoms with Crippen LogP contribution >= 0.6 is 0 Å². The van der Waals surface area contributed by atoms with E-state index in [1.165, 1.54) is 23.1 Å². The van der Waals surface area contributed by atoms with Crippen molar-refractivity contribution < 1.29 is 14.3 Å². The van der Waals surface area contributed by atoms with Gasteiger partial charge in [-0.2, -0.15) is 0 Å². The molecule has 1 atom stereocenters. The van der Waals surface area contributed by atoms with Gasteiger partial charge < -0.3 is 10.0 Å². The summed E-state index contributed by atoms with van der Waals surface area (Å²) in [6, 6.07) is 3.82. The highest BCUT2D eigenvalue weighted by Crippen LogP contribution is 2.23. The molecular weight excluding hydrogens is 221 g/mol. The summed E-state index contributed by atoms with van der Waals surface area (Å²) in [5.74, 6) is -1.25. The largest absolute Gasteiger partial charge is 0.507 e. The maximum Gasteiger partial charge on any atom is 0.260 e. The maximum atomic E-state index is 13.5. The van der Waals surface area contributed by atoms with E-state index in [0.29, 0.717) is 0 Å². The van der Waals surface area contributed by atoms with Gasteiger partial charge >= 0.3 is 0 Å². The Morgan fingerprint density at radius 2 is 1.94 bits per heavy atom. The van der Waals surface area contributed by atoms with Gasteiger partial charge in [0.1, 0.15) is 17.1 Å². The van der Waals surface area contributed by atoms with Crippen LogP contribution in [0.3, 0.4) is 0 Å². The first-order chi connectivity index (χ1) is 7.86. The Balaban J connectivity index is 3.05. The second-order valence-corrected chi connectivity index (χ2v) is 4.53. The molecule has 1 rings (SSSR count). The zero-order chi connectivity index (χ0) is 13.2. The van der Waals surface area contributed by atoms with Crippen molar-refractivity contribution in [3.63, 3.8) is 0 Å². The smallest absolute Gasteiger partial charge is 0.260 e. The zero-order valence-electron chi connectivity index (χ0n) is 10.6. The number of benzene rings is 1. The normalized spacial score (nSPS) is 12.6. The Morgan fingerprint density at radius 1 is 1.35 bits per heavy atom. The molecule has 0 heterocycles. The van der Waals surface area contributed by atoms with E-state index in [9.17, 15) is 14.3 Å². The van der Waals surface area contributed by atoms with Crippen LogP contribution < -0.4 is 0 Å². The number of nitrogens with zero attached hydrogens (tertiary/aromatic N) is 1. The average Bonchev–Trinajstić information content (AvgIpc) is 2.26. The number of phenols is 1. The van der Waals surface area contributed by atoms with Crippen molar-refractivity contribution in [2.45, 2.75) is 26.8 Å². The second-order valence-electron chi connectivity index (χ2n) is 4.53. The van der Waals surface area contributed by atoms with Crippen LogP contribution in [0.4, 0.5) is 4.39 Å². The van der Waals surface area contributed by atoms with Gasteiger partial charge in [0, 0.05) is 13.1 Å². The van der Waals surface area contributed by atoms with E-state index in [1.54, 1.807) is 7.05 Å². The van der Waals surface area contributed by atoms with Crippen molar-refractivity contribution in [3.05, 3.63) is 29.6 Å². The highest BCUT2D eigenvalue weighted by molar-refractivity contribution is 5.97. The molecule has 0 spiro atoms. The van der Waals surface area contributed by atoms with Crippen LogP contribution in [0.1, 0.15) is 31.1 Å². The van der Waals surface area contributed by atoms with E-state index >= 15 is 0 Å². The minimum atomic E-state index is -0.696. The minimum absolute atomic E-state index is 0.0264. The van der Waals surface area contributed by atoms with Gasteiger partial charge in [0.05, 0.1) is 0 Å². The van der Waals surface area contributed by atoms with Crippen LogP contribution in [0.2, 0.25) is 0 Å². The topological polar surface area (TPSA) is 40.5 Å². The molecule has 0 aromatic heterocycles. The van der Waals surface area contributed by atoms with Crippen molar-refractivity contribution in [1.29, 1.82) is 0 Å². The van der Waals surface area contributed by atoms with E-state index in [4.69, 9.17) is 0 Å². The predicted octanol–water partition coefficient (Wildman–Crippen LogP) is 2.65. The van der Waals surface area contributed by atoms with Crippen molar-refractivity contribution in [2.75, 3.05) is 7.05 Å². The van der Waals surface area contributed by atoms with Gasteiger partial charge in [-0.1, -0.05) is 19.9 Å². The number of halogens is 1. The van der Waals surface area contributed by atoms with Gasteiger partial charge in [0.15, 0.2) is 0 Å².